The van der Waals surface area contributed by atoms with Crippen LogP contribution in [0.1, 0.15) is 82.3 Å². The molecule has 0 saturated heterocycles. The molecule has 0 saturated carbocycles. The van der Waals surface area contributed by atoms with Crippen LogP contribution in [-0.4, -0.2) is 0 Å². The maximum atomic E-state index is 3.29. The van der Waals surface area contributed by atoms with Crippen LogP contribution in [0.5, 0.6) is 0 Å². The molecule has 1 aromatic carbocycles. The first-order valence-corrected chi connectivity index (χ1v) is 8.30. The van der Waals surface area contributed by atoms with Crippen molar-refractivity contribution >= 4 is 0 Å². The molecule has 1 aromatic rings. The van der Waals surface area contributed by atoms with Crippen molar-refractivity contribution in [2.24, 2.45) is 0 Å². The minimum Gasteiger partial charge on any atom is -0.180 e. The molecule has 0 N–H and O–H groups in total. The van der Waals surface area contributed by atoms with E-state index >= 15 is 0 Å². The van der Waals surface area contributed by atoms with Gasteiger partial charge in [-0.3, -0.25) is 0 Å². The van der Waals surface area contributed by atoms with Gasteiger partial charge in [-0.25, -0.2) is 0 Å². The summed E-state index contributed by atoms with van der Waals surface area (Å²) in [5.41, 5.74) is 2.82. The number of aryl methyl sites for hydroxylation is 2. The Kier molecular flexibility index (Phi) is 14.3. The predicted octanol–water partition coefficient (Wildman–Crippen LogP) is 3.26. The SMILES string of the molecule is CCCCCCCCCCCCc1ccc[c-]c1C.[Na+]. The molecule has 0 atom stereocenters. The average molecular weight is 282 g/mol. The number of benzene rings is 1. The summed E-state index contributed by atoms with van der Waals surface area (Å²) in [5, 5.41) is 0. The Morgan fingerprint density at radius 2 is 1.40 bits per heavy atom. The fourth-order valence-electron chi connectivity index (χ4n) is 2.63. The molecule has 0 fully saturated rings. The van der Waals surface area contributed by atoms with Gasteiger partial charge in [0, 0.05) is 0 Å². The summed E-state index contributed by atoms with van der Waals surface area (Å²) in [6.07, 6.45) is 15.4. The monoisotopic (exact) mass is 282 g/mol. The summed E-state index contributed by atoms with van der Waals surface area (Å²) in [6, 6.07) is 9.66. The molecule has 1 rings (SSSR count). The summed E-state index contributed by atoms with van der Waals surface area (Å²) in [7, 11) is 0. The van der Waals surface area contributed by atoms with E-state index in [1.165, 1.54) is 81.8 Å². The van der Waals surface area contributed by atoms with Crippen molar-refractivity contribution in [2.45, 2.75) is 84.5 Å². The molecule has 0 aliphatic carbocycles. The molecule has 0 nitrogen and oxygen atoms in total. The van der Waals surface area contributed by atoms with Gasteiger partial charge >= 0.3 is 29.6 Å². The third kappa shape index (κ3) is 10.0. The Morgan fingerprint density at radius 3 is 1.95 bits per heavy atom. The molecule has 108 valence electrons. The Balaban J connectivity index is 0.00000361. The van der Waals surface area contributed by atoms with Gasteiger partial charge in [0.05, 0.1) is 0 Å². The molecule has 0 aromatic heterocycles. The molecule has 20 heavy (non-hydrogen) atoms. The molecule has 0 radical (unpaired) electrons. The predicted molar refractivity (Wildman–Crippen MR) is 85.6 cm³/mol. The topological polar surface area (TPSA) is 0 Å². The summed E-state index contributed by atoms with van der Waals surface area (Å²) in [6.45, 7) is 4.46. The Labute approximate surface area is 149 Å². The van der Waals surface area contributed by atoms with Crippen molar-refractivity contribution in [3.05, 3.63) is 35.4 Å². The van der Waals surface area contributed by atoms with Crippen molar-refractivity contribution in [2.75, 3.05) is 0 Å². The minimum absolute atomic E-state index is 0. The molecule has 0 bridgehead atoms. The third-order valence-corrected chi connectivity index (χ3v) is 3.97. The van der Waals surface area contributed by atoms with Crippen molar-refractivity contribution in [1.82, 2.24) is 0 Å². The van der Waals surface area contributed by atoms with Crippen LogP contribution in [0.2, 0.25) is 0 Å². The van der Waals surface area contributed by atoms with Crippen LogP contribution in [0.15, 0.2) is 18.2 Å². The minimum atomic E-state index is 0. The van der Waals surface area contributed by atoms with Gasteiger partial charge in [0.25, 0.3) is 0 Å². The number of unbranched alkanes of at least 4 members (excludes halogenated alkanes) is 9. The second kappa shape index (κ2) is 14.2. The first kappa shape index (κ1) is 20.2. The van der Waals surface area contributed by atoms with Crippen molar-refractivity contribution < 1.29 is 29.6 Å². The second-order valence-electron chi connectivity index (χ2n) is 5.75. The van der Waals surface area contributed by atoms with E-state index in [-0.39, 0.29) is 29.6 Å². The van der Waals surface area contributed by atoms with Crippen LogP contribution >= 0.6 is 0 Å². The molecule has 1 heteroatoms. The molecule has 0 aliphatic heterocycles. The molecule has 0 aliphatic rings. The van der Waals surface area contributed by atoms with E-state index < -0.39 is 0 Å². The van der Waals surface area contributed by atoms with E-state index in [0.717, 1.165) is 0 Å². The van der Waals surface area contributed by atoms with Crippen LogP contribution in [0.25, 0.3) is 0 Å². The van der Waals surface area contributed by atoms with Crippen LogP contribution in [-0.2, 0) is 6.42 Å². The zero-order chi connectivity index (χ0) is 13.8. The van der Waals surface area contributed by atoms with Gasteiger partial charge in [-0.1, -0.05) is 84.5 Å². The van der Waals surface area contributed by atoms with Gasteiger partial charge in [0.2, 0.25) is 0 Å². The van der Waals surface area contributed by atoms with Gasteiger partial charge in [-0.2, -0.15) is 35.4 Å². The summed E-state index contributed by atoms with van der Waals surface area (Å²) < 4.78 is 0. The Hall–Kier alpha value is 0.220. The van der Waals surface area contributed by atoms with Crippen molar-refractivity contribution in [3.8, 4) is 0 Å². The van der Waals surface area contributed by atoms with E-state index in [2.05, 4.69) is 32.0 Å². The number of hydrogen-bond acceptors (Lipinski definition) is 0. The van der Waals surface area contributed by atoms with E-state index in [4.69, 9.17) is 0 Å². The van der Waals surface area contributed by atoms with Crippen molar-refractivity contribution in [1.29, 1.82) is 0 Å². The number of hydrogen-bond donors (Lipinski definition) is 0. The van der Waals surface area contributed by atoms with Gasteiger partial charge in [0.15, 0.2) is 0 Å². The van der Waals surface area contributed by atoms with Crippen LogP contribution in [0.4, 0.5) is 0 Å². The third-order valence-electron chi connectivity index (χ3n) is 3.97. The fourth-order valence-corrected chi connectivity index (χ4v) is 2.63. The molecular weight excluding hydrogens is 251 g/mol. The largest absolute Gasteiger partial charge is 1.00 e. The smallest absolute Gasteiger partial charge is 0.180 e. The standard InChI is InChI=1S/C19H31.Na/c1-3-4-5-6-7-8-9-10-11-12-16-19-17-14-13-15-18(19)2;/h13-14,17H,3-12,16H2,1-2H3;/q-1;+1. The second-order valence-corrected chi connectivity index (χ2v) is 5.75. The van der Waals surface area contributed by atoms with Crippen molar-refractivity contribution in [3.63, 3.8) is 0 Å². The van der Waals surface area contributed by atoms with E-state index in [1.807, 2.05) is 6.07 Å². The molecule has 0 heterocycles. The maximum absolute atomic E-state index is 3.29. The first-order valence-electron chi connectivity index (χ1n) is 8.30. The van der Waals surface area contributed by atoms with Gasteiger partial charge < -0.3 is 0 Å². The van der Waals surface area contributed by atoms with Crippen LogP contribution in [0.3, 0.4) is 0 Å². The van der Waals surface area contributed by atoms with E-state index in [1.54, 1.807) is 0 Å². The molecular formula is C19H31Na. The maximum Gasteiger partial charge on any atom is 1.00 e. The summed E-state index contributed by atoms with van der Waals surface area (Å²) in [4.78, 5) is 0. The fraction of sp³-hybridized carbons (Fsp3) is 0.684. The Morgan fingerprint density at radius 1 is 0.850 bits per heavy atom. The number of rotatable bonds is 11. The average Bonchev–Trinajstić information content (AvgIpc) is 2.43. The normalized spacial score (nSPS) is 10.3. The quantitative estimate of drug-likeness (QED) is 0.332. The van der Waals surface area contributed by atoms with Crippen LogP contribution in [0, 0.1) is 13.0 Å². The first-order chi connectivity index (χ1) is 9.34. The molecule has 0 amide bonds. The van der Waals surface area contributed by atoms with Gasteiger partial charge in [0.1, 0.15) is 0 Å². The summed E-state index contributed by atoms with van der Waals surface area (Å²) in [5.74, 6) is 0. The van der Waals surface area contributed by atoms with Gasteiger partial charge in [-0.05, 0) is 0 Å². The Bertz CT molecular complexity index is 319. The molecule has 0 spiro atoms. The van der Waals surface area contributed by atoms with E-state index in [9.17, 15) is 0 Å². The zero-order valence-corrected chi connectivity index (χ0v) is 16.0. The molecule has 0 unspecified atom stereocenters. The zero-order valence-electron chi connectivity index (χ0n) is 14.0. The summed E-state index contributed by atoms with van der Waals surface area (Å²) >= 11 is 0. The van der Waals surface area contributed by atoms with E-state index in [0.29, 0.717) is 0 Å². The van der Waals surface area contributed by atoms with Gasteiger partial charge in [-0.15, -0.1) is 0 Å². The van der Waals surface area contributed by atoms with Crippen LogP contribution < -0.4 is 29.6 Å².